The van der Waals surface area contributed by atoms with Crippen LogP contribution < -0.4 is 10.9 Å². The Labute approximate surface area is 209 Å². The van der Waals surface area contributed by atoms with E-state index in [1.54, 1.807) is 6.07 Å². The molecule has 2 N–H and O–H groups in total. The molecule has 1 amide bonds. The summed E-state index contributed by atoms with van der Waals surface area (Å²) in [5.41, 5.74) is 5.11. The Bertz CT molecular complexity index is 1060. The van der Waals surface area contributed by atoms with E-state index < -0.39 is 0 Å². The molecule has 2 aromatic rings. The summed E-state index contributed by atoms with van der Waals surface area (Å²) in [6, 6.07) is 5.81. The van der Waals surface area contributed by atoms with Crippen LogP contribution in [0, 0.1) is 31.6 Å². The van der Waals surface area contributed by atoms with Crippen molar-refractivity contribution in [3.8, 4) is 0 Å². The lowest BCUT2D eigenvalue weighted by Gasteiger charge is -2.36. The van der Waals surface area contributed by atoms with Crippen molar-refractivity contribution in [3.63, 3.8) is 0 Å². The Balaban J connectivity index is 1.86. The third kappa shape index (κ3) is 5.94. The minimum absolute atomic E-state index is 0.150. The number of halogens is 1. The lowest BCUT2D eigenvalue weighted by Crippen LogP contribution is -2.29. The van der Waals surface area contributed by atoms with E-state index in [4.69, 9.17) is 11.6 Å². The molecule has 1 heterocycles. The maximum Gasteiger partial charge on any atom is 0.253 e. The average molecular weight is 485 g/mol. The van der Waals surface area contributed by atoms with E-state index in [1.165, 1.54) is 31.2 Å². The van der Waals surface area contributed by atoms with Gasteiger partial charge in [-0.15, -0.1) is 0 Å². The van der Waals surface area contributed by atoms with Gasteiger partial charge in [-0.3, -0.25) is 9.59 Å². The minimum atomic E-state index is -0.168. The molecule has 0 spiro atoms. The molecule has 1 atom stereocenters. The predicted octanol–water partition coefficient (Wildman–Crippen LogP) is 7.09. The van der Waals surface area contributed by atoms with Gasteiger partial charge in [-0.05, 0) is 111 Å². The highest BCUT2D eigenvalue weighted by Crippen LogP contribution is 2.43. The number of hydrogen-bond donors (Lipinski definition) is 2. The lowest BCUT2D eigenvalue weighted by atomic mass is 9.69. The van der Waals surface area contributed by atoms with E-state index in [9.17, 15) is 9.59 Å². The van der Waals surface area contributed by atoms with Gasteiger partial charge in [-0.25, -0.2) is 0 Å². The van der Waals surface area contributed by atoms with Gasteiger partial charge < -0.3 is 10.3 Å². The molecule has 1 aromatic heterocycles. The van der Waals surface area contributed by atoms with Crippen LogP contribution in [0.15, 0.2) is 23.0 Å². The van der Waals surface area contributed by atoms with E-state index in [0.29, 0.717) is 28.0 Å². The molecule has 0 aliphatic heterocycles. The van der Waals surface area contributed by atoms with Crippen LogP contribution in [0.3, 0.4) is 0 Å². The van der Waals surface area contributed by atoms with Crippen molar-refractivity contribution in [2.45, 2.75) is 92.5 Å². The first-order valence-corrected chi connectivity index (χ1v) is 13.3. The zero-order chi connectivity index (χ0) is 25.0. The maximum absolute atomic E-state index is 13.3. The van der Waals surface area contributed by atoms with Crippen LogP contribution in [0.5, 0.6) is 0 Å². The van der Waals surface area contributed by atoms with Crippen LogP contribution >= 0.6 is 11.6 Å². The third-order valence-corrected chi connectivity index (χ3v) is 8.15. The van der Waals surface area contributed by atoms with Crippen molar-refractivity contribution < 1.29 is 4.79 Å². The van der Waals surface area contributed by atoms with Gasteiger partial charge in [0.1, 0.15) is 0 Å². The molecule has 1 saturated carbocycles. The van der Waals surface area contributed by atoms with Gasteiger partial charge in [-0.2, -0.15) is 0 Å². The van der Waals surface area contributed by atoms with Gasteiger partial charge in [-0.1, -0.05) is 39.3 Å². The molecule has 5 heteroatoms. The number of hydrogen-bond acceptors (Lipinski definition) is 2. The first kappa shape index (κ1) is 26.5. The van der Waals surface area contributed by atoms with E-state index >= 15 is 0 Å². The number of rotatable bonds is 8. The molecule has 186 valence electrons. The smallest absolute Gasteiger partial charge is 0.253 e. The van der Waals surface area contributed by atoms with Gasteiger partial charge in [0.2, 0.25) is 0 Å². The fourth-order valence-corrected chi connectivity index (χ4v) is 6.20. The van der Waals surface area contributed by atoms with Crippen molar-refractivity contribution in [1.82, 2.24) is 10.3 Å². The second-order valence-corrected chi connectivity index (χ2v) is 10.9. The van der Waals surface area contributed by atoms with Gasteiger partial charge in [0.25, 0.3) is 11.5 Å². The first-order chi connectivity index (χ1) is 16.2. The molecule has 0 bridgehead atoms. The molecule has 1 unspecified atom stereocenters. The number of aryl methyl sites for hydroxylation is 2. The second-order valence-electron chi connectivity index (χ2n) is 10.4. The number of aromatic nitrogens is 1. The highest BCUT2D eigenvalue weighted by molar-refractivity contribution is 6.31. The van der Waals surface area contributed by atoms with Crippen LogP contribution in [0.4, 0.5) is 0 Å². The highest BCUT2D eigenvalue weighted by Gasteiger charge is 2.31. The van der Waals surface area contributed by atoms with E-state index in [-0.39, 0.29) is 18.0 Å². The summed E-state index contributed by atoms with van der Waals surface area (Å²) in [4.78, 5) is 28.5. The summed E-state index contributed by atoms with van der Waals surface area (Å²) >= 11 is 6.58. The minimum Gasteiger partial charge on any atom is -0.348 e. The number of carbonyl (C=O) groups is 1. The van der Waals surface area contributed by atoms with Gasteiger partial charge >= 0.3 is 0 Å². The summed E-state index contributed by atoms with van der Waals surface area (Å²) in [5, 5.41) is 3.59. The Hall–Kier alpha value is -2.07. The molecule has 3 rings (SSSR count). The van der Waals surface area contributed by atoms with Crippen molar-refractivity contribution in [1.29, 1.82) is 0 Å². The van der Waals surface area contributed by atoms with Crippen molar-refractivity contribution >= 4 is 17.5 Å². The second kappa shape index (κ2) is 11.6. The monoisotopic (exact) mass is 484 g/mol. The molecule has 1 fully saturated rings. The molecule has 4 nitrogen and oxygen atoms in total. The molecular formula is C29H41ClN2O2. The van der Waals surface area contributed by atoms with Crippen LogP contribution in [-0.2, 0) is 13.0 Å². The van der Waals surface area contributed by atoms with Crippen LogP contribution in [-0.4, -0.2) is 10.9 Å². The topological polar surface area (TPSA) is 62.0 Å². The summed E-state index contributed by atoms with van der Waals surface area (Å²) in [7, 11) is 0. The summed E-state index contributed by atoms with van der Waals surface area (Å²) in [6.45, 7) is 13.0. The predicted molar refractivity (Wildman–Crippen MR) is 142 cm³/mol. The molecule has 34 heavy (non-hydrogen) atoms. The third-order valence-electron chi connectivity index (χ3n) is 7.93. The van der Waals surface area contributed by atoms with Gasteiger partial charge in [0.15, 0.2) is 0 Å². The maximum atomic E-state index is 13.3. The normalized spacial score (nSPS) is 19.3. The zero-order valence-electron chi connectivity index (χ0n) is 21.7. The lowest BCUT2D eigenvalue weighted by molar-refractivity contribution is 0.0949. The number of pyridine rings is 1. The molecule has 0 saturated heterocycles. The first-order valence-electron chi connectivity index (χ1n) is 13.0. The number of carbonyl (C=O) groups excluding carboxylic acids is 1. The molecule has 1 aliphatic carbocycles. The van der Waals surface area contributed by atoms with Crippen LogP contribution in [0.25, 0.3) is 0 Å². The van der Waals surface area contributed by atoms with Crippen LogP contribution in [0.2, 0.25) is 5.02 Å². The van der Waals surface area contributed by atoms with Crippen molar-refractivity contribution in [2.75, 3.05) is 0 Å². The number of H-pyrrole nitrogens is 1. The molecule has 1 aromatic carbocycles. The largest absolute Gasteiger partial charge is 0.348 e. The van der Waals surface area contributed by atoms with E-state index in [1.807, 2.05) is 19.9 Å². The highest BCUT2D eigenvalue weighted by atomic mass is 35.5. The number of amides is 1. The van der Waals surface area contributed by atoms with Gasteiger partial charge in [0.05, 0.1) is 0 Å². The molecule has 1 aliphatic rings. The fraction of sp³-hybridized carbons (Fsp3) is 0.586. The van der Waals surface area contributed by atoms with E-state index in [0.717, 1.165) is 41.5 Å². The van der Waals surface area contributed by atoms with Gasteiger partial charge in [0, 0.05) is 28.4 Å². The Kier molecular flexibility index (Phi) is 9.03. The Morgan fingerprint density at radius 2 is 1.71 bits per heavy atom. The SMILES string of the molecule is CCc1c(C(=O)NCc2c(C)cc(C)[nH]c2=O)cc(Cl)cc1C(CC)[C@H]1CC[C@@H](C(C)C)CC1. The quantitative estimate of drug-likeness (QED) is 0.420. The van der Waals surface area contributed by atoms with Crippen molar-refractivity contribution in [2.24, 2.45) is 17.8 Å². The van der Waals surface area contributed by atoms with E-state index in [2.05, 4.69) is 44.1 Å². The number of benzene rings is 1. The Morgan fingerprint density at radius 3 is 2.26 bits per heavy atom. The summed E-state index contributed by atoms with van der Waals surface area (Å²) < 4.78 is 0. The zero-order valence-corrected chi connectivity index (χ0v) is 22.4. The average Bonchev–Trinajstić information content (AvgIpc) is 2.78. The van der Waals surface area contributed by atoms with Crippen LogP contribution in [0.1, 0.15) is 104 Å². The number of nitrogens with one attached hydrogen (secondary N) is 2. The molecule has 0 radical (unpaired) electrons. The molecular weight excluding hydrogens is 444 g/mol. The van der Waals surface area contributed by atoms with Crippen molar-refractivity contribution in [3.05, 3.63) is 67.1 Å². The fourth-order valence-electron chi connectivity index (χ4n) is 5.97. The standard InChI is InChI=1S/C29H41ClN2O2/c1-7-23(21-11-9-20(10-12-21)17(3)4)25-14-22(30)15-26(24(25)8-2)28(33)31-16-27-18(5)13-19(6)32-29(27)34/h13-15,17,20-21,23H,7-12,16H2,1-6H3,(H,31,33)(H,32,34)/t20-,21+,23?. The Morgan fingerprint density at radius 1 is 1.06 bits per heavy atom. The number of aromatic amines is 1. The summed E-state index contributed by atoms with van der Waals surface area (Å²) in [6.07, 6.45) is 6.89. The summed E-state index contributed by atoms with van der Waals surface area (Å²) in [5.74, 6) is 2.45.